The third-order valence-corrected chi connectivity index (χ3v) is 6.88. The van der Waals surface area contributed by atoms with Crippen molar-refractivity contribution in [2.24, 2.45) is 0 Å². The lowest BCUT2D eigenvalue weighted by Gasteiger charge is -2.51. The molecule has 112 valence electrons. The third-order valence-electron chi connectivity index (χ3n) is 3.75. The first-order valence-corrected chi connectivity index (χ1v) is 9.28. The van der Waals surface area contributed by atoms with E-state index in [0.29, 0.717) is 6.54 Å². The largest absolute Gasteiger partial charge is 0.376 e. The van der Waals surface area contributed by atoms with Crippen LogP contribution in [-0.4, -0.2) is 77.0 Å². The van der Waals surface area contributed by atoms with Crippen molar-refractivity contribution in [3.63, 3.8) is 0 Å². The second-order valence-electron chi connectivity index (χ2n) is 4.89. The zero-order valence-electron chi connectivity index (χ0n) is 11.9. The van der Waals surface area contributed by atoms with Gasteiger partial charge in [-0.1, -0.05) is 11.8 Å². The summed E-state index contributed by atoms with van der Waals surface area (Å²) < 4.78 is 30.4. The molecule has 6 nitrogen and oxygen atoms in total. The van der Waals surface area contributed by atoms with Crippen LogP contribution in [0.15, 0.2) is 0 Å². The number of hydrogen-bond donors (Lipinski definition) is 0. The first-order chi connectivity index (χ1) is 8.94. The van der Waals surface area contributed by atoms with E-state index in [1.165, 1.54) is 0 Å². The number of hydrogen-bond acceptors (Lipinski definition) is 6. The number of ether oxygens (including phenoxy) is 4. The zero-order chi connectivity index (χ0) is 14.2. The van der Waals surface area contributed by atoms with Gasteiger partial charge in [0.05, 0.1) is 0 Å². The first kappa shape index (κ1) is 15.8. The molecule has 0 aliphatic carbocycles. The number of fused-ring (bicyclic) bond motifs is 1. The fraction of sp³-hybridized carbons (Fsp3) is 1.00. The molecule has 2 aliphatic heterocycles. The molecular weight excluding hydrogens is 289 g/mol. The van der Waals surface area contributed by atoms with Crippen LogP contribution in [0.4, 0.5) is 0 Å². The van der Waals surface area contributed by atoms with Gasteiger partial charge in [0.25, 0.3) is 0 Å². The maximum absolute atomic E-state index is 6.08. The summed E-state index contributed by atoms with van der Waals surface area (Å²) in [6, 6.07) is 0. The van der Waals surface area contributed by atoms with Crippen LogP contribution in [0, 0.1) is 0 Å². The third kappa shape index (κ3) is 2.89. The van der Waals surface area contributed by atoms with Crippen LogP contribution in [0.3, 0.4) is 0 Å². The maximum atomic E-state index is 6.08. The lowest BCUT2D eigenvalue weighted by atomic mass is 9.98. The fourth-order valence-corrected chi connectivity index (χ4v) is 4.40. The Labute approximate surface area is 119 Å². The van der Waals surface area contributed by atoms with Crippen molar-refractivity contribution in [1.82, 2.24) is 4.67 Å². The van der Waals surface area contributed by atoms with Crippen LogP contribution in [0.1, 0.15) is 0 Å². The van der Waals surface area contributed by atoms with Gasteiger partial charge in [0.2, 0.25) is 0 Å². The van der Waals surface area contributed by atoms with E-state index in [9.17, 15) is 0 Å². The summed E-state index contributed by atoms with van der Waals surface area (Å²) in [7, 11) is 6.82. The van der Waals surface area contributed by atoms with Crippen molar-refractivity contribution in [1.29, 1.82) is 0 Å². The average Bonchev–Trinajstić information content (AvgIpc) is 2.37. The minimum atomic E-state index is -1.97. The predicted molar refractivity (Wildman–Crippen MR) is 75.0 cm³/mol. The zero-order valence-corrected chi connectivity index (χ0v) is 13.6. The molecule has 0 aromatic rings. The number of methoxy groups -OCH3 is 3. The Morgan fingerprint density at radius 2 is 1.79 bits per heavy atom. The summed E-state index contributed by atoms with van der Waals surface area (Å²) in [6.45, 7) is 2.68. The molecule has 2 saturated heterocycles. The normalized spacial score (nSPS) is 47.9. The van der Waals surface area contributed by atoms with Crippen molar-refractivity contribution < 1.29 is 23.5 Å². The summed E-state index contributed by atoms with van der Waals surface area (Å²) in [5, 5.41) is 0. The minimum absolute atomic E-state index is 0.123. The first-order valence-electron chi connectivity index (χ1n) is 6.16. The molecule has 2 fully saturated rings. The Morgan fingerprint density at radius 1 is 1.16 bits per heavy atom. The maximum Gasteiger partial charge on any atom is 0.186 e. The molecule has 0 aromatic heterocycles. The predicted octanol–water partition coefficient (Wildman–Crippen LogP) is 0.658. The molecule has 0 amide bonds. The molecule has 0 spiro atoms. The molecule has 2 heterocycles. The molecule has 2 rings (SSSR count). The monoisotopic (exact) mass is 311 g/mol. The van der Waals surface area contributed by atoms with Crippen LogP contribution in [0.5, 0.6) is 0 Å². The van der Waals surface area contributed by atoms with Gasteiger partial charge in [-0.3, -0.25) is 4.67 Å². The van der Waals surface area contributed by atoms with Crippen LogP contribution in [0.2, 0.25) is 0 Å². The van der Waals surface area contributed by atoms with Gasteiger partial charge in [0.15, 0.2) is 6.29 Å². The van der Waals surface area contributed by atoms with Crippen LogP contribution < -0.4 is 0 Å². The molecule has 6 atom stereocenters. The van der Waals surface area contributed by atoms with Gasteiger partial charge in [-0.05, 0) is 7.05 Å². The van der Waals surface area contributed by atoms with Crippen molar-refractivity contribution in [2.75, 3.05) is 41.6 Å². The minimum Gasteiger partial charge on any atom is -0.376 e. The van der Waals surface area contributed by atoms with Gasteiger partial charge in [-0.2, -0.15) is 0 Å². The summed E-state index contributed by atoms with van der Waals surface area (Å²) in [4.78, 5) is 0. The molecule has 6 unspecified atom stereocenters. The smallest absolute Gasteiger partial charge is 0.186 e. The molecule has 8 heteroatoms. The molecule has 0 N–H and O–H groups in total. The van der Waals surface area contributed by atoms with Crippen molar-refractivity contribution in [3.8, 4) is 0 Å². The Balaban J connectivity index is 2.25. The molecule has 19 heavy (non-hydrogen) atoms. The number of rotatable bonds is 3. The highest BCUT2D eigenvalue weighted by Crippen LogP contribution is 2.53. The van der Waals surface area contributed by atoms with E-state index in [-0.39, 0.29) is 24.4 Å². The van der Waals surface area contributed by atoms with E-state index in [1.807, 2.05) is 13.7 Å². The quantitative estimate of drug-likeness (QED) is 0.710. The van der Waals surface area contributed by atoms with E-state index < -0.39 is 12.7 Å². The summed E-state index contributed by atoms with van der Waals surface area (Å²) in [5.74, 6) is 0. The van der Waals surface area contributed by atoms with Crippen LogP contribution in [-0.2, 0) is 35.3 Å². The molecule has 0 saturated carbocycles. The number of nitrogens with zero attached hydrogens (tertiary/aromatic N) is 1. The highest BCUT2D eigenvalue weighted by atomic mass is 32.4. The second-order valence-corrected chi connectivity index (χ2v) is 9.42. The molecule has 0 radical (unpaired) electrons. The van der Waals surface area contributed by atoms with E-state index in [4.69, 9.17) is 35.3 Å². The molecule has 0 bridgehead atoms. The van der Waals surface area contributed by atoms with Crippen LogP contribution >= 0.6 is 6.42 Å². The van der Waals surface area contributed by atoms with Gasteiger partial charge in [0, 0.05) is 34.5 Å². The highest BCUT2D eigenvalue weighted by Gasteiger charge is 2.52. The second kappa shape index (κ2) is 6.03. The topological polar surface area (TPSA) is 49.4 Å². The van der Waals surface area contributed by atoms with Crippen molar-refractivity contribution >= 4 is 18.2 Å². The van der Waals surface area contributed by atoms with Crippen molar-refractivity contribution in [3.05, 3.63) is 0 Å². The molecular formula is C11H22NO5PS. The van der Waals surface area contributed by atoms with Gasteiger partial charge in [-0.15, -0.1) is 0 Å². The standard InChI is InChI=1S/C11H22NO5PS/c1-12-6-7-8(17-18(12,5)19)9(13-2)10(14-3)11(15-4)16-7/h7-11H,6H2,1-5H3. The Hall–Kier alpha value is 0.410. The lowest BCUT2D eigenvalue weighted by Crippen LogP contribution is -2.63. The van der Waals surface area contributed by atoms with E-state index >= 15 is 0 Å². The van der Waals surface area contributed by atoms with Gasteiger partial charge < -0.3 is 23.5 Å². The van der Waals surface area contributed by atoms with Crippen molar-refractivity contribution in [2.45, 2.75) is 30.7 Å². The van der Waals surface area contributed by atoms with Gasteiger partial charge in [-0.25, -0.2) is 0 Å². The summed E-state index contributed by atoms with van der Waals surface area (Å²) in [5.41, 5.74) is 0. The SMILES string of the molecule is COC1OC2CN(C)P(C)(=S)OC2C(OC)C1OC. The Morgan fingerprint density at radius 3 is 2.32 bits per heavy atom. The molecule has 0 aromatic carbocycles. The van der Waals surface area contributed by atoms with E-state index in [0.717, 1.165) is 0 Å². The van der Waals surface area contributed by atoms with E-state index in [1.54, 1.807) is 21.3 Å². The number of likely N-dealkylation sites (N-methyl/N-ethyl adjacent to an activating group) is 1. The lowest BCUT2D eigenvalue weighted by molar-refractivity contribution is -0.298. The van der Waals surface area contributed by atoms with Gasteiger partial charge in [0.1, 0.15) is 30.8 Å². The molecule has 2 aliphatic rings. The Bertz CT molecular complexity index is 371. The van der Waals surface area contributed by atoms with E-state index in [2.05, 4.69) is 4.67 Å². The average molecular weight is 311 g/mol. The Kier molecular flexibility index (Phi) is 5.02. The van der Waals surface area contributed by atoms with Crippen LogP contribution in [0.25, 0.3) is 0 Å². The fourth-order valence-electron chi connectivity index (χ4n) is 2.57. The highest BCUT2D eigenvalue weighted by molar-refractivity contribution is 8.10. The van der Waals surface area contributed by atoms with Gasteiger partial charge >= 0.3 is 0 Å². The summed E-state index contributed by atoms with van der Waals surface area (Å²) in [6.07, 6.45) is -3.34. The summed E-state index contributed by atoms with van der Waals surface area (Å²) >= 11 is 5.55.